The lowest BCUT2D eigenvalue weighted by atomic mass is 9.96. The van der Waals surface area contributed by atoms with Gasteiger partial charge in [-0.05, 0) is 62.4 Å². The van der Waals surface area contributed by atoms with Gasteiger partial charge < -0.3 is 10.6 Å². The van der Waals surface area contributed by atoms with E-state index in [1.54, 1.807) is 6.07 Å². The van der Waals surface area contributed by atoms with E-state index in [9.17, 15) is 9.59 Å². The summed E-state index contributed by atoms with van der Waals surface area (Å²) in [7, 11) is 0. The largest absolute Gasteiger partial charge is 0.352 e. The van der Waals surface area contributed by atoms with E-state index in [2.05, 4.69) is 27.7 Å². The molecule has 6 heteroatoms. The van der Waals surface area contributed by atoms with Crippen molar-refractivity contribution in [2.75, 3.05) is 6.54 Å². The van der Waals surface area contributed by atoms with Gasteiger partial charge in [0.15, 0.2) is 0 Å². The molecule has 5 nitrogen and oxygen atoms in total. The molecule has 2 amide bonds. The van der Waals surface area contributed by atoms with Crippen molar-refractivity contribution in [2.24, 2.45) is 0 Å². The minimum absolute atomic E-state index is 0.00704. The van der Waals surface area contributed by atoms with Crippen molar-refractivity contribution in [1.29, 1.82) is 0 Å². The normalized spacial score (nSPS) is 23.2. The number of rotatable bonds is 6. The zero-order valence-electron chi connectivity index (χ0n) is 17.2. The van der Waals surface area contributed by atoms with Crippen LogP contribution < -0.4 is 10.6 Å². The van der Waals surface area contributed by atoms with Gasteiger partial charge in [0.05, 0.1) is 6.54 Å². The topological polar surface area (TPSA) is 61.4 Å². The molecule has 2 aliphatic rings. The molecule has 0 aliphatic carbocycles. The monoisotopic (exact) mass is 425 g/mol. The van der Waals surface area contributed by atoms with Crippen LogP contribution >= 0.6 is 11.6 Å². The van der Waals surface area contributed by atoms with Crippen LogP contribution in [0.2, 0.25) is 5.02 Å². The molecule has 0 saturated carbocycles. The molecule has 158 valence electrons. The Kier molecular flexibility index (Phi) is 6.40. The first kappa shape index (κ1) is 20.9. The Hall–Kier alpha value is -2.37. The zero-order chi connectivity index (χ0) is 21.1. The van der Waals surface area contributed by atoms with Gasteiger partial charge in [-0.1, -0.05) is 41.4 Å². The Labute approximate surface area is 182 Å². The van der Waals surface area contributed by atoms with Crippen LogP contribution in [0.15, 0.2) is 48.5 Å². The number of aryl methyl sites for hydroxylation is 1. The smallest absolute Gasteiger partial charge is 0.251 e. The van der Waals surface area contributed by atoms with E-state index in [1.165, 1.54) is 18.4 Å². The van der Waals surface area contributed by atoms with Crippen molar-refractivity contribution in [3.05, 3.63) is 70.2 Å². The Balaban J connectivity index is 1.26. The highest BCUT2D eigenvalue weighted by molar-refractivity contribution is 6.30. The predicted octanol–water partition coefficient (Wildman–Crippen LogP) is 3.69. The molecule has 2 aliphatic heterocycles. The molecule has 4 rings (SSSR count). The predicted molar refractivity (Wildman–Crippen MR) is 118 cm³/mol. The third-order valence-electron chi connectivity index (χ3n) is 6.22. The van der Waals surface area contributed by atoms with Crippen molar-refractivity contribution in [3.8, 4) is 0 Å². The fourth-order valence-corrected chi connectivity index (χ4v) is 4.90. The number of nitrogens with zero attached hydrogens (tertiary/aromatic N) is 1. The molecule has 2 N–H and O–H groups in total. The number of hydrogen-bond acceptors (Lipinski definition) is 3. The van der Waals surface area contributed by atoms with Crippen LogP contribution in [0.4, 0.5) is 0 Å². The number of halogens is 1. The Morgan fingerprint density at radius 3 is 2.43 bits per heavy atom. The number of fused-ring (bicyclic) bond motifs is 2. The first-order chi connectivity index (χ1) is 14.5. The van der Waals surface area contributed by atoms with Crippen molar-refractivity contribution >= 4 is 23.4 Å². The van der Waals surface area contributed by atoms with E-state index in [-0.39, 0.29) is 24.4 Å². The average molecular weight is 426 g/mol. The zero-order valence-corrected chi connectivity index (χ0v) is 18.0. The van der Waals surface area contributed by atoms with Gasteiger partial charge in [0.25, 0.3) is 5.91 Å². The van der Waals surface area contributed by atoms with Gasteiger partial charge >= 0.3 is 0 Å². The standard InChI is InChI=1S/C24H28ClN3O2/c1-16-3-2-4-18(11-16)24(30)26-14-23(29)27-20-12-21-9-10-22(13-20)28(21)15-17-5-7-19(25)8-6-17/h2-8,11,20-22H,9-10,12-15H2,1H3,(H,26,30)(H,27,29)/t20-,21+,22-. The fourth-order valence-electron chi connectivity index (χ4n) is 4.78. The molecule has 2 fully saturated rings. The van der Waals surface area contributed by atoms with Gasteiger partial charge in [-0.25, -0.2) is 0 Å². The summed E-state index contributed by atoms with van der Waals surface area (Å²) in [5.41, 5.74) is 2.88. The van der Waals surface area contributed by atoms with Gasteiger partial charge in [-0.3, -0.25) is 14.5 Å². The number of hydrogen-bond donors (Lipinski definition) is 2. The number of carbonyl (C=O) groups excluding carboxylic acids is 2. The second-order valence-corrected chi connectivity index (χ2v) is 8.91. The Bertz CT molecular complexity index is 901. The molecular weight excluding hydrogens is 398 g/mol. The molecule has 30 heavy (non-hydrogen) atoms. The summed E-state index contributed by atoms with van der Waals surface area (Å²) in [5.74, 6) is -0.335. The summed E-state index contributed by atoms with van der Waals surface area (Å²) >= 11 is 6.00. The summed E-state index contributed by atoms with van der Waals surface area (Å²) < 4.78 is 0. The first-order valence-electron chi connectivity index (χ1n) is 10.6. The van der Waals surface area contributed by atoms with Crippen LogP contribution in [-0.4, -0.2) is 41.4 Å². The molecule has 0 spiro atoms. The molecular formula is C24H28ClN3O2. The van der Waals surface area contributed by atoms with Crippen molar-refractivity contribution < 1.29 is 9.59 Å². The summed E-state index contributed by atoms with van der Waals surface area (Å²) in [4.78, 5) is 27.2. The number of nitrogens with one attached hydrogen (secondary N) is 2. The van der Waals surface area contributed by atoms with Crippen molar-refractivity contribution in [1.82, 2.24) is 15.5 Å². The maximum atomic E-state index is 12.4. The molecule has 2 saturated heterocycles. The van der Waals surface area contributed by atoms with Crippen LogP contribution in [-0.2, 0) is 11.3 Å². The maximum Gasteiger partial charge on any atom is 0.251 e. The second-order valence-electron chi connectivity index (χ2n) is 8.47. The van der Waals surface area contributed by atoms with Gasteiger partial charge in [-0.15, -0.1) is 0 Å². The van der Waals surface area contributed by atoms with E-state index >= 15 is 0 Å². The Morgan fingerprint density at radius 1 is 1.07 bits per heavy atom. The van der Waals surface area contributed by atoms with Crippen LogP contribution in [0.1, 0.15) is 47.2 Å². The number of piperidine rings is 1. The lowest BCUT2D eigenvalue weighted by Crippen LogP contribution is -2.51. The molecule has 2 aromatic rings. The summed E-state index contributed by atoms with van der Waals surface area (Å²) in [5, 5.41) is 6.62. The molecule has 2 heterocycles. The number of benzene rings is 2. The highest BCUT2D eigenvalue weighted by Crippen LogP contribution is 2.36. The van der Waals surface area contributed by atoms with Gasteiger partial charge in [0.2, 0.25) is 5.91 Å². The first-order valence-corrected chi connectivity index (χ1v) is 11.0. The average Bonchev–Trinajstić information content (AvgIpc) is 2.95. The van der Waals surface area contributed by atoms with Crippen molar-refractivity contribution in [3.63, 3.8) is 0 Å². The summed E-state index contributed by atoms with van der Waals surface area (Å²) in [6.45, 7) is 2.88. The minimum Gasteiger partial charge on any atom is -0.352 e. The van der Waals surface area contributed by atoms with E-state index in [0.29, 0.717) is 17.6 Å². The van der Waals surface area contributed by atoms with E-state index < -0.39 is 0 Å². The highest BCUT2D eigenvalue weighted by Gasteiger charge is 2.40. The van der Waals surface area contributed by atoms with E-state index in [1.807, 2.05) is 37.3 Å². The SMILES string of the molecule is Cc1cccc(C(=O)NCC(=O)N[C@H]2C[C@H]3CC[C@@H](C2)N3Cc2ccc(Cl)cc2)c1. The summed E-state index contributed by atoms with van der Waals surface area (Å²) in [6.07, 6.45) is 4.27. The third kappa shape index (κ3) is 5.02. The maximum absolute atomic E-state index is 12.4. The quantitative estimate of drug-likeness (QED) is 0.742. The van der Waals surface area contributed by atoms with Crippen LogP contribution in [0, 0.1) is 6.92 Å². The second kappa shape index (κ2) is 9.19. The van der Waals surface area contributed by atoms with Crippen molar-refractivity contribution in [2.45, 2.75) is 57.3 Å². The Morgan fingerprint density at radius 2 is 1.77 bits per heavy atom. The lowest BCUT2D eigenvalue weighted by molar-refractivity contribution is -0.121. The number of amides is 2. The fraction of sp³-hybridized carbons (Fsp3) is 0.417. The number of carbonyl (C=O) groups is 2. The molecule has 3 atom stereocenters. The van der Waals surface area contributed by atoms with Gasteiger partial charge in [-0.2, -0.15) is 0 Å². The lowest BCUT2D eigenvalue weighted by Gasteiger charge is -2.39. The molecule has 2 bridgehead atoms. The minimum atomic E-state index is -0.216. The van der Waals surface area contributed by atoms with Crippen LogP contribution in [0.3, 0.4) is 0 Å². The molecule has 0 unspecified atom stereocenters. The molecule has 0 radical (unpaired) electrons. The van der Waals surface area contributed by atoms with Crippen LogP contribution in [0.5, 0.6) is 0 Å². The van der Waals surface area contributed by atoms with Gasteiger partial charge in [0, 0.05) is 35.3 Å². The van der Waals surface area contributed by atoms with Crippen LogP contribution in [0.25, 0.3) is 0 Å². The third-order valence-corrected chi connectivity index (χ3v) is 6.47. The van der Waals surface area contributed by atoms with E-state index in [0.717, 1.165) is 30.0 Å². The highest BCUT2D eigenvalue weighted by atomic mass is 35.5. The van der Waals surface area contributed by atoms with E-state index in [4.69, 9.17) is 11.6 Å². The summed E-state index contributed by atoms with van der Waals surface area (Å²) in [6, 6.07) is 16.6. The molecule has 2 aromatic carbocycles. The van der Waals surface area contributed by atoms with Gasteiger partial charge in [0.1, 0.15) is 0 Å². The molecule has 0 aromatic heterocycles.